The molecule has 0 unspecified atom stereocenters. The maximum Gasteiger partial charge on any atom is 0.0623 e. The van der Waals surface area contributed by atoms with E-state index in [1.54, 1.807) is 0 Å². The first-order valence-electron chi connectivity index (χ1n) is 12.2. The van der Waals surface area contributed by atoms with Crippen molar-refractivity contribution in [3.05, 3.63) is 64.0 Å². The maximum atomic E-state index is 4.07. The summed E-state index contributed by atoms with van der Waals surface area (Å²) in [6.07, 6.45) is 0. The number of aromatic nitrogens is 2. The van der Waals surface area contributed by atoms with E-state index in [0.29, 0.717) is 5.92 Å². The van der Waals surface area contributed by atoms with Gasteiger partial charge < -0.3 is 0 Å². The lowest BCUT2D eigenvalue weighted by Gasteiger charge is -2.01. The molecule has 0 saturated carbocycles. The molecule has 2 rings (SSSR count). The Morgan fingerprint density at radius 2 is 1.25 bits per heavy atom. The molecule has 1 aromatic heterocycles. The van der Waals surface area contributed by atoms with Crippen LogP contribution in [0.25, 0.3) is 0 Å². The van der Waals surface area contributed by atoms with E-state index < -0.39 is 0 Å². The monoisotopic (exact) mass is 445 g/mol. The summed E-state index contributed by atoms with van der Waals surface area (Å²) in [5.74, 6) is 0.659. The van der Waals surface area contributed by atoms with Crippen LogP contribution in [0.15, 0.2) is 46.5 Å². The van der Waals surface area contributed by atoms with Crippen molar-refractivity contribution in [3.63, 3.8) is 0 Å². The van der Waals surface area contributed by atoms with Gasteiger partial charge >= 0.3 is 0 Å². The van der Waals surface area contributed by atoms with Gasteiger partial charge in [0.1, 0.15) is 0 Å². The molecule has 0 aliphatic heterocycles. The molecular formula is C29H55N3. The fourth-order valence-corrected chi connectivity index (χ4v) is 1.97. The third-order valence-corrected chi connectivity index (χ3v) is 4.59. The van der Waals surface area contributed by atoms with Crippen LogP contribution in [0.5, 0.6) is 0 Å². The Bertz CT molecular complexity index is 682. The van der Waals surface area contributed by atoms with Crippen LogP contribution in [0, 0.1) is 20.8 Å². The van der Waals surface area contributed by atoms with Gasteiger partial charge in [0.25, 0.3) is 0 Å². The van der Waals surface area contributed by atoms with Crippen molar-refractivity contribution in [1.29, 1.82) is 0 Å². The highest BCUT2D eigenvalue weighted by Crippen LogP contribution is 2.11. The van der Waals surface area contributed by atoms with E-state index in [0.717, 1.165) is 11.4 Å². The predicted molar refractivity (Wildman–Crippen MR) is 150 cm³/mol. The second kappa shape index (κ2) is 25.1. The molecule has 3 nitrogen and oxygen atoms in total. The summed E-state index contributed by atoms with van der Waals surface area (Å²) >= 11 is 0. The van der Waals surface area contributed by atoms with Crippen molar-refractivity contribution >= 4 is 5.71 Å². The van der Waals surface area contributed by atoms with E-state index in [2.05, 4.69) is 81.0 Å². The Kier molecular flexibility index (Phi) is 29.2. The smallest absolute Gasteiger partial charge is 0.0623 e. The minimum atomic E-state index is 0.659. The lowest BCUT2D eigenvalue weighted by molar-refractivity contribution is 0.867. The quantitative estimate of drug-likeness (QED) is 0.459. The lowest BCUT2D eigenvalue weighted by Crippen LogP contribution is -1.94. The second-order valence-electron chi connectivity index (χ2n) is 7.06. The van der Waals surface area contributed by atoms with Crippen molar-refractivity contribution < 1.29 is 0 Å². The summed E-state index contributed by atoms with van der Waals surface area (Å²) < 4.78 is 0. The largest absolute Gasteiger partial charge is 0.293 e. The Labute approximate surface area is 201 Å². The second-order valence-corrected chi connectivity index (χ2v) is 7.06. The molecule has 1 heterocycles. The average molecular weight is 446 g/mol. The van der Waals surface area contributed by atoms with Gasteiger partial charge in [-0.3, -0.25) is 10.1 Å². The third-order valence-electron chi connectivity index (χ3n) is 4.59. The molecule has 0 aliphatic carbocycles. The van der Waals surface area contributed by atoms with Gasteiger partial charge in [0.05, 0.1) is 5.69 Å². The first-order chi connectivity index (χ1) is 15.1. The Hall–Kier alpha value is -2.16. The molecule has 3 heteroatoms. The highest BCUT2D eigenvalue weighted by atomic mass is 15.1. The zero-order valence-corrected chi connectivity index (χ0v) is 24.4. The summed E-state index contributed by atoms with van der Waals surface area (Å²) in [5.41, 5.74) is 8.73. The number of aryl methyl sites for hydroxylation is 2. The highest BCUT2D eigenvalue weighted by molar-refractivity contribution is 5.98. The van der Waals surface area contributed by atoms with Crippen LogP contribution >= 0.6 is 0 Å². The Morgan fingerprint density at radius 1 is 0.812 bits per heavy atom. The minimum Gasteiger partial charge on any atom is -0.293 e. The molecule has 0 bridgehead atoms. The molecule has 1 aromatic carbocycles. The number of nitrogens with zero attached hydrogens (tertiary/aromatic N) is 2. The van der Waals surface area contributed by atoms with Gasteiger partial charge in [0, 0.05) is 18.5 Å². The zero-order chi connectivity index (χ0) is 26.3. The van der Waals surface area contributed by atoms with Crippen molar-refractivity contribution in [2.45, 2.75) is 110 Å². The van der Waals surface area contributed by atoms with Gasteiger partial charge in [-0.25, -0.2) is 0 Å². The van der Waals surface area contributed by atoms with Gasteiger partial charge in [-0.2, -0.15) is 5.10 Å². The molecule has 0 atom stereocenters. The van der Waals surface area contributed by atoms with Crippen molar-refractivity contribution in [2.24, 2.45) is 4.99 Å². The van der Waals surface area contributed by atoms with E-state index in [9.17, 15) is 0 Å². The number of hydrogen-bond acceptors (Lipinski definition) is 2. The fraction of sp³-hybridized carbons (Fsp3) is 0.586. The van der Waals surface area contributed by atoms with Crippen LogP contribution < -0.4 is 0 Å². The van der Waals surface area contributed by atoms with Gasteiger partial charge in [-0.15, -0.1) is 0 Å². The van der Waals surface area contributed by atoms with Crippen molar-refractivity contribution in [1.82, 2.24) is 10.2 Å². The van der Waals surface area contributed by atoms with Crippen LogP contribution in [0.2, 0.25) is 0 Å². The lowest BCUT2D eigenvalue weighted by atomic mass is 10.0. The molecule has 0 aliphatic rings. The van der Waals surface area contributed by atoms with Gasteiger partial charge in [0.2, 0.25) is 0 Å². The van der Waals surface area contributed by atoms with Crippen LogP contribution in [-0.4, -0.2) is 23.0 Å². The molecule has 0 spiro atoms. The number of H-pyrrole nitrogens is 1. The first-order valence-corrected chi connectivity index (χ1v) is 12.2. The summed E-state index contributed by atoms with van der Waals surface area (Å²) in [6, 6.07) is 10.5. The number of aromatic amines is 1. The van der Waals surface area contributed by atoms with E-state index >= 15 is 0 Å². The maximum absolute atomic E-state index is 4.07. The molecule has 32 heavy (non-hydrogen) atoms. The van der Waals surface area contributed by atoms with Crippen molar-refractivity contribution in [2.75, 3.05) is 7.05 Å². The average Bonchev–Trinajstić information content (AvgIpc) is 3.14. The van der Waals surface area contributed by atoms with Crippen LogP contribution in [0.1, 0.15) is 112 Å². The zero-order valence-electron chi connectivity index (χ0n) is 24.4. The molecule has 0 saturated heterocycles. The summed E-state index contributed by atoms with van der Waals surface area (Å²) in [7, 11) is 1.82. The highest BCUT2D eigenvalue weighted by Gasteiger charge is 1.96. The standard InChI is InChI=1S/C9H12.C8H15N.C6H10N2.3C2H6/c1-8(2)9-6-4-3-5-7-9;1-6(2)7(3)8(4)9-5;1-4-5(2)7-8-6(4)3;3*1-2/h3-8H,1-2H3;1-5H3;1-3H3,(H,7,8);3*1-2H3. The molecule has 2 aromatic rings. The van der Waals surface area contributed by atoms with Crippen LogP contribution in [-0.2, 0) is 0 Å². The normalized spacial score (nSPS) is 9.09. The number of nitrogens with one attached hydrogen (secondary N) is 1. The van der Waals surface area contributed by atoms with Gasteiger partial charge in [0.15, 0.2) is 0 Å². The molecule has 186 valence electrons. The Morgan fingerprint density at radius 3 is 1.41 bits per heavy atom. The predicted octanol–water partition coefficient (Wildman–Crippen LogP) is 9.66. The topological polar surface area (TPSA) is 41.0 Å². The number of hydrogen-bond donors (Lipinski definition) is 1. The minimum absolute atomic E-state index is 0.659. The van der Waals surface area contributed by atoms with Gasteiger partial charge in [-0.05, 0) is 71.1 Å². The number of allylic oxidation sites excluding steroid dienone is 2. The molecular weight excluding hydrogens is 390 g/mol. The van der Waals surface area contributed by atoms with E-state index in [4.69, 9.17) is 0 Å². The van der Waals surface area contributed by atoms with E-state index in [1.165, 1.54) is 28.0 Å². The fourth-order valence-electron chi connectivity index (χ4n) is 1.97. The van der Waals surface area contributed by atoms with Gasteiger partial charge in [-0.1, -0.05) is 91.3 Å². The Balaban J connectivity index is -0.000000164. The number of rotatable bonds is 2. The molecule has 0 radical (unpaired) electrons. The molecule has 0 amide bonds. The first kappa shape index (κ1) is 37.2. The van der Waals surface area contributed by atoms with E-state index in [1.807, 2.05) is 75.4 Å². The number of aliphatic imine (C=N–C) groups is 1. The van der Waals surface area contributed by atoms with Crippen LogP contribution in [0.3, 0.4) is 0 Å². The summed E-state index contributed by atoms with van der Waals surface area (Å²) in [5, 5.41) is 6.88. The molecule has 1 N–H and O–H groups in total. The SMILES string of the molecule is CC.CC.CC.CC(C)c1ccccc1.CN=C(C)C(C)=C(C)C.Cc1n[nH]c(C)c1C. The van der Waals surface area contributed by atoms with Crippen molar-refractivity contribution in [3.8, 4) is 0 Å². The molecule has 0 fully saturated rings. The van der Waals surface area contributed by atoms with E-state index in [-0.39, 0.29) is 0 Å². The van der Waals surface area contributed by atoms with Crippen LogP contribution in [0.4, 0.5) is 0 Å². The number of benzene rings is 1. The summed E-state index contributed by atoms with van der Waals surface area (Å²) in [6.45, 7) is 30.8. The third kappa shape index (κ3) is 18.6. The summed E-state index contributed by atoms with van der Waals surface area (Å²) in [4.78, 5) is 4.07.